The minimum Gasteiger partial charge on any atom is -0.493 e. The largest absolute Gasteiger partial charge is 0.493 e. The zero-order valence-electron chi connectivity index (χ0n) is 16.8. The molecule has 0 saturated carbocycles. The van der Waals surface area contributed by atoms with Crippen molar-refractivity contribution in [3.8, 4) is 11.5 Å². The molecule has 162 valence electrons. The first-order chi connectivity index (χ1) is 15.5. The Kier molecular flexibility index (Phi) is 6.18. The number of hydrogen-bond acceptors (Lipinski definition) is 5. The molecule has 3 aromatic rings. The Hall–Kier alpha value is -3.71. The van der Waals surface area contributed by atoms with Gasteiger partial charge in [0.1, 0.15) is 18.2 Å². The van der Waals surface area contributed by atoms with Crippen molar-refractivity contribution in [1.82, 2.24) is 0 Å². The molecule has 8 heteroatoms. The molecule has 5 nitrogen and oxygen atoms in total. The molecule has 0 atom stereocenters. The van der Waals surface area contributed by atoms with Gasteiger partial charge < -0.3 is 14.2 Å². The van der Waals surface area contributed by atoms with Gasteiger partial charge >= 0.3 is 5.97 Å². The lowest BCUT2D eigenvalue weighted by molar-refractivity contribution is -0.129. The number of carbonyl (C=O) groups excluding carboxylic acids is 1. The van der Waals surface area contributed by atoms with Gasteiger partial charge in [-0.3, -0.25) is 0 Å². The van der Waals surface area contributed by atoms with Crippen LogP contribution < -0.4 is 9.47 Å². The summed E-state index contributed by atoms with van der Waals surface area (Å²) >= 11 is 6.36. The summed E-state index contributed by atoms with van der Waals surface area (Å²) in [5, 5.41) is 0.192. The Morgan fingerprint density at radius 1 is 1.06 bits per heavy atom. The highest BCUT2D eigenvalue weighted by Crippen LogP contribution is 2.38. The standard InChI is InChI=1S/C24H16ClF2NO4/c1-30-21-12-14(10-17(25)22(21)31-13-15-6-2-4-8-18(15)26)11-20-24(29)32-23(28-20)16-7-3-5-9-19(16)27/h2-12H,13H2,1H3/b20-11-. The second-order valence-electron chi connectivity index (χ2n) is 6.73. The molecule has 1 aliphatic heterocycles. The van der Waals surface area contributed by atoms with Gasteiger partial charge in [0.2, 0.25) is 5.90 Å². The molecule has 0 amide bonds. The van der Waals surface area contributed by atoms with Crippen LogP contribution in [0.1, 0.15) is 16.7 Å². The molecule has 0 spiro atoms. The van der Waals surface area contributed by atoms with Crippen LogP contribution in [0.3, 0.4) is 0 Å². The lowest BCUT2D eigenvalue weighted by atomic mass is 10.1. The first-order valence-corrected chi connectivity index (χ1v) is 9.85. The van der Waals surface area contributed by atoms with Crippen LogP contribution in [-0.4, -0.2) is 19.0 Å². The van der Waals surface area contributed by atoms with E-state index in [1.54, 1.807) is 30.3 Å². The van der Waals surface area contributed by atoms with Crippen molar-refractivity contribution in [3.05, 3.63) is 99.7 Å². The van der Waals surface area contributed by atoms with Crippen LogP contribution in [0.15, 0.2) is 71.4 Å². The van der Waals surface area contributed by atoms with Crippen molar-refractivity contribution in [3.63, 3.8) is 0 Å². The van der Waals surface area contributed by atoms with Gasteiger partial charge in [0.05, 0.1) is 17.7 Å². The summed E-state index contributed by atoms with van der Waals surface area (Å²) in [5.74, 6) is -1.29. The molecule has 32 heavy (non-hydrogen) atoms. The Morgan fingerprint density at radius 3 is 2.50 bits per heavy atom. The van der Waals surface area contributed by atoms with Gasteiger partial charge in [0.25, 0.3) is 0 Å². The van der Waals surface area contributed by atoms with Gasteiger partial charge in [-0.15, -0.1) is 0 Å². The SMILES string of the molecule is COc1cc(/C=C2\N=C(c3ccccc3F)OC2=O)cc(Cl)c1OCc1ccccc1F. The Morgan fingerprint density at radius 2 is 1.78 bits per heavy atom. The molecule has 0 radical (unpaired) electrons. The number of halogens is 3. The van der Waals surface area contributed by atoms with Gasteiger partial charge in [-0.1, -0.05) is 41.9 Å². The summed E-state index contributed by atoms with van der Waals surface area (Å²) in [6, 6.07) is 15.2. The first-order valence-electron chi connectivity index (χ1n) is 9.47. The monoisotopic (exact) mass is 455 g/mol. The summed E-state index contributed by atoms with van der Waals surface area (Å²) in [7, 11) is 1.43. The molecule has 4 rings (SSSR count). The van der Waals surface area contributed by atoms with Crippen LogP contribution in [0.4, 0.5) is 8.78 Å². The van der Waals surface area contributed by atoms with E-state index in [0.29, 0.717) is 11.1 Å². The van der Waals surface area contributed by atoms with E-state index in [9.17, 15) is 13.6 Å². The molecule has 0 unspecified atom stereocenters. The lowest BCUT2D eigenvalue weighted by Crippen LogP contribution is -2.07. The average molecular weight is 456 g/mol. The number of benzene rings is 3. The lowest BCUT2D eigenvalue weighted by Gasteiger charge is -2.13. The highest BCUT2D eigenvalue weighted by atomic mass is 35.5. The number of cyclic esters (lactones) is 1. The van der Waals surface area contributed by atoms with Gasteiger partial charge in [0.15, 0.2) is 17.2 Å². The van der Waals surface area contributed by atoms with Gasteiger partial charge in [-0.05, 0) is 42.0 Å². The number of methoxy groups -OCH3 is 1. The zero-order chi connectivity index (χ0) is 22.7. The van der Waals surface area contributed by atoms with Gasteiger partial charge in [0, 0.05) is 5.56 Å². The summed E-state index contributed by atoms with van der Waals surface area (Å²) in [6.07, 6.45) is 1.44. The molecule has 1 aliphatic rings. The normalized spacial score (nSPS) is 14.3. The quantitative estimate of drug-likeness (QED) is 0.361. The number of hydrogen-bond donors (Lipinski definition) is 0. The fraction of sp³-hybridized carbons (Fsp3) is 0.0833. The topological polar surface area (TPSA) is 57.1 Å². The third kappa shape index (κ3) is 4.48. The molecule has 0 N–H and O–H groups in total. The van der Waals surface area contributed by atoms with E-state index in [0.717, 1.165) is 0 Å². The van der Waals surface area contributed by atoms with E-state index in [-0.39, 0.29) is 40.3 Å². The van der Waals surface area contributed by atoms with Crippen molar-refractivity contribution in [2.24, 2.45) is 4.99 Å². The summed E-state index contributed by atoms with van der Waals surface area (Å²) in [5.41, 5.74) is 0.897. The van der Waals surface area contributed by atoms with Crippen LogP contribution in [-0.2, 0) is 16.1 Å². The zero-order valence-corrected chi connectivity index (χ0v) is 17.5. The van der Waals surface area contributed by atoms with Gasteiger partial charge in [-0.2, -0.15) is 0 Å². The smallest absolute Gasteiger partial charge is 0.363 e. The summed E-state index contributed by atoms with van der Waals surface area (Å²) < 4.78 is 44.0. The maximum atomic E-state index is 14.0. The van der Waals surface area contributed by atoms with Crippen molar-refractivity contribution >= 4 is 29.5 Å². The minimum atomic E-state index is -0.724. The first kappa shape index (κ1) is 21.5. The number of ether oxygens (including phenoxy) is 3. The van der Waals surface area contributed by atoms with E-state index >= 15 is 0 Å². The van der Waals surface area contributed by atoms with Crippen LogP contribution in [0.2, 0.25) is 5.02 Å². The second-order valence-corrected chi connectivity index (χ2v) is 7.14. The number of nitrogens with zero attached hydrogens (tertiary/aromatic N) is 1. The highest BCUT2D eigenvalue weighted by molar-refractivity contribution is 6.32. The number of carbonyl (C=O) groups is 1. The molecule has 1 heterocycles. The number of esters is 1. The van der Waals surface area contributed by atoms with E-state index < -0.39 is 17.6 Å². The van der Waals surface area contributed by atoms with Crippen LogP contribution in [0.5, 0.6) is 11.5 Å². The molecule has 3 aromatic carbocycles. The Labute approximate surface area is 187 Å². The minimum absolute atomic E-state index is 0.0265. The van der Waals surface area contributed by atoms with Crippen molar-refractivity contribution in [2.75, 3.05) is 7.11 Å². The Balaban J connectivity index is 1.61. The predicted octanol–water partition coefficient (Wildman–Crippen LogP) is 5.55. The van der Waals surface area contributed by atoms with E-state index in [4.69, 9.17) is 25.8 Å². The molecule has 0 fully saturated rings. The number of rotatable bonds is 6. The molecule has 0 saturated heterocycles. The fourth-order valence-corrected chi connectivity index (χ4v) is 3.32. The Bertz CT molecular complexity index is 1260. The molecule has 0 bridgehead atoms. The van der Waals surface area contributed by atoms with E-state index in [1.807, 2.05) is 0 Å². The van der Waals surface area contributed by atoms with E-state index in [1.165, 1.54) is 43.5 Å². The fourth-order valence-electron chi connectivity index (χ4n) is 3.05. The van der Waals surface area contributed by atoms with E-state index in [2.05, 4.69) is 4.99 Å². The third-order valence-electron chi connectivity index (χ3n) is 4.61. The van der Waals surface area contributed by atoms with Crippen molar-refractivity contribution in [1.29, 1.82) is 0 Å². The molecule has 0 aromatic heterocycles. The van der Waals surface area contributed by atoms with Crippen LogP contribution in [0, 0.1) is 11.6 Å². The average Bonchev–Trinajstić information content (AvgIpc) is 3.14. The summed E-state index contributed by atoms with van der Waals surface area (Å²) in [4.78, 5) is 16.3. The van der Waals surface area contributed by atoms with Gasteiger partial charge in [-0.25, -0.2) is 18.6 Å². The van der Waals surface area contributed by atoms with Crippen LogP contribution >= 0.6 is 11.6 Å². The molecular weight excluding hydrogens is 440 g/mol. The molecular formula is C24H16ClF2NO4. The second kappa shape index (κ2) is 9.20. The predicted molar refractivity (Wildman–Crippen MR) is 116 cm³/mol. The summed E-state index contributed by atoms with van der Waals surface area (Å²) in [6.45, 7) is -0.0498. The maximum Gasteiger partial charge on any atom is 0.363 e. The number of aliphatic imine (C=N–C) groups is 1. The van der Waals surface area contributed by atoms with Crippen LogP contribution in [0.25, 0.3) is 6.08 Å². The third-order valence-corrected chi connectivity index (χ3v) is 4.89. The highest BCUT2D eigenvalue weighted by Gasteiger charge is 2.26. The van der Waals surface area contributed by atoms with Crippen molar-refractivity contribution in [2.45, 2.75) is 6.61 Å². The molecule has 0 aliphatic carbocycles. The maximum absolute atomic E-state index is 14.0. The van der Waals surface area contributed by atoms with Crippen molar-refractivity contribution < 1.29 is 27.8 Å².